The maximum absolute atomic E-state index is 11.9. The fraction of sp³-hybridized carbons (Fsp3) is 0.600. The van der Waals surface area contributed by atoms with Crippen LogP contribution in [0.3, 0.4) is 0 Å². The lowest BCUT2D eigenvalue weighted by Gasteiger charge is -2.14. The summed E-state index contributed by atoms with van der Waals surface area (Å²) in [5.41, 5.74) is -0.149. The molecule has 0 aliphatic heterocycles. The molecular formula is C15H23N5O2. The Bertz CT molecular complexity index is 598. The number of rotatable bonds is 6. The molecule has 2 aromatic heterocycles. The summed E-state index contributed by atoms with van der Waals surface area (Å²) in [5, 5.41) is 6.90. The molecule has 0 saturated carbocycles. The topological polar surface area (TPSA) is 85.8 Å². The number of hydrogen-bond acceptors (Lipinski definition) is 5. The maximum Gasteiger partial charge on any atom is 0.227 e. The normalized spacial score (nSPS) is 13.1. The van der Waals surface area contributed by atoms with Gasteiger partial charge in [0.2, 0.25) is 11.8 Å². The number of nitrogens with zero attached hydrogens (tertiary/aromatic N) is 4. The zero-order chi connectivity index (χ0) is 16.2. The van der Waals surface area contributed by atoms with Crippen LogP contribution in [-0.2, 0) is 23.2 Å². The summed E-state index contributed by atoms with van der Waals surface area (Å²) in [6.45, 7) is 8.72. The molecular weight excluding hydrogens is 282 g/mol. The van der Waals surface area contributed by atoms with E-state index < -0.39 is 0 Å². The standard InChI is InChI=1S/C15H23N5O2/c1-11(9-20-8-7-16-10-20)17-12(21)5-6-13-18-14(19-22-13)15(2,3)4/h7-8,10-11H,5-6,9H2,1-4H3,(H,17,21)/t11-/m1/s1. The van der Waals surface area contributed by atoms with Crippen LogP contribution in [0.25, 0.3) is 0 Å². The molecule has 22 heavy (non-hydrogen) atoms. The molecule has 0 aliphatic rings. The van der Waals surface area contributed by atoms with E-state index >= 15 is 0 Å². The van der Waals surface area contributed by atoms with Gasteiger partial charge in [0, 0.05) is 43.2 Å². The fourth-order valence-corrected chi connectivity index (χ4v) is 1.99. The van der Waals surface area contributed by atoms with Crippen molar-refractivity contribution in [2.24, 2.45) is 0 Å². The second-order valence-electron chi connectivity index (χ2n) is 6.49. The number of carbonyl (C=O) groups excluding carboxylic acids is 1. The van der Waals surface area contributed by atoms with Crippen LogP contribution in [0, 0.1) is 0 Å². The summed E-state index contributed by atoms with van der Waals surface area (Å²) in [7, 11) is 0. The van der Waals surface area contributed by atoms with E-state index in [4.69, 9.17) is 4.52 Å². The predicted octanol–water partition coefficient (Wildman–Crippen LogP) is 1.70. The third-order valence-electron chi connectivity index (χ3n) is 3.16. The highest BCUT2D eigenvalue weighted by Gasteiger charge is 2.21. The number of amides is 1. The van der Waals surface area contributed by atoms with Crippen LogP contribution < -0.4 is 5.32 Å². The number of aromatic nitrogens is 4. The van der Waals surface area contributed by atoms with Crippen molar-refractivity contribution in [3.63, 3.8) is 0 Å². The monoisotopic (exact) mass is 305 g/mol. The van der Waals surface area contributed by atoms with E-state index in [0.29, 0.717) is 31.1 Å². The van der Waals surface area contributed by atoms with Crippen molar-refractivity contribution < 1.29 is 9.32 Å². The van der Waals surface area contributed by atoms with E-state index in [-0.39, 0.29) is 17.4 Å². The molecule has 1 atom stereocenters. The molecule has 1 amide bonds. The smallest absolute Gasteiger partial charge is 0.227 e. The first kappa shape index (κ1) is 16.2. The van der Waals surface area contributed by atoms with Gasteiger partial charge in [-0.15, -0.1) is 0 Å². The molecule has 0 fully saturated rings. The highest BCUT2D eigenvalue weighted by Crippen LogP contribution is 2.18. The summed E-state index contributed by atoms with van der Waals surface area (Å²) in [5.74, 6) is 1.14. The molecule has 0 bridgehead atoms. The fourth-order valence-electron chi connectivity index (χ4n) is 1.99. The number of imidazole rings is 1. The Balaban J connectivity index is 1.76. The van der Waals surface area contributed by atoms with E-state index in [9.17, 15) is 4.79 Å². The summed E-state index contributed by atoms with van der Waals surface area (Å²) in [4.78, 5) is 20.2. The van der Waals surface area contributed by atoms with Gasteiger partial charge in [-0.25, -0.2) is 4.98 Å². The first-order chi connectivity index (χ1) is 10.3. The van der Waals surface area contributed by atoms with Crippen molar-refractivity contribution in [1.29, 1.82) is 0 Å². The van der Waals surface area contributed by atoms with E-state index in [1.54, 1.807) is 12.5 Å². The molecule has 0 spiro atoms. The molecule has 120 valence electrons. The Kier molecular flexibility index (Phi) is 4.95. The van der Waals surface area contributed by atoms with E-state index in [2.05, 4.69) is 20.4 Å². The second-order valence-corrected chi connectivity index (χ2v) is 6.49. The molecule has 1 N–H and O–H groups in total. The minimum absolute atomic E-state index is 0.0249. The van der Waals surface area contributed by atoms with Crippen LogP contribution >= 0.6 is 0 Å². The minimum atomic E-state index is -0.149. The van der Waals surface area contributed by atoms with Gasteiger partial charge in [-0.3, -0.25) is 4.79 Å². The van der Waals surface area contributed by atoms with Gasteiger partial charge in [0.25, 0.3) is 0 Å². The third-order valence-corrected chi connectivity index (χ3v) is 3.16. The molecule has 0 aliphatic carbocycles. The summed E-state index contributed by atoms with van der Waals surface area (Å²) < 4.78 is 7.11. The van der Waals surface area contributed by atoms with Crippen molar-refractivity contribution in [3.05, 3.63) is 30.4 Å². The van der Waals surface area contributed by atoms with Crippen molar-refractivity contribution >= 4 is 5.91 Å². The van der Waals surface area contributed by atoms with E-state index in [1.807, 2.05) is 38.5 Å². The number of aryl methyl sites for hydroxylation is 1. The van der Waals surface area contributed by atoms with Crippen LogP contribution in [0.1, 0.15) is 45.8 Å². The predicted molar refractivity (Wildman–Crippen MR) is 81.2 cm³/mol. The first-order valence-electron chi connectivity index (χ1n) is 7.43. The van der Waals surface area contributed by atoms with Crippen molar-refractivity contribution in [1.82, 2.24) is 25.0 Å². The zero-order valence-electron chi connectivity index (χ0n) is 13.5. The lowest BCUT2D eigenvalue weighted by molar-refractivity contribution is -0.121. The Morgan fingerprint density at radius 3 is 2.82 bits per heavy atom. The van der Waals surface area contributed by atoms with Gasteiger partial charge in [-0.1, -0.05) is 25.9 Å². The molecule has 0 saturated heterocycles. The lowest BCUT2D eigenvalue weighted by Crippen LogP contribution is -2.35. The molecule has 2 heterocycles. The van der Waals surface area contributed by atoms with Crippen LogP contribution in [0.15, 0.2) is 23.2 Å². The molecule has 2 rings (SSSR count). The largest absolute Gasteiger partial charge is 0.352 e. The Labute approximate surface area is 130 Å². The molecule has 2 aromatic rings. The van der Waals surface area contributed by atoms with Crippen LogP contribution in [-0.4, -0.2) is 31.6 Å². The van der Waals surface area contributed by atoms with Crippen LogP contribution in [0.4, 0.5) is 0 Å². The SMILES string of the molecule is C[C@H](Cn1ccnc1)NC(=O)CCc1nc(C(C)(C)C)no1. The quantitative estimate of drug-likeness (QED) is 0.878. The lowest BCUT2D eigenvalue weighted by atomic mass is 9.96. The minimum Gasteiger partial charge on any atom is -0.352 e. The average Bonchev–Trinajstić information content (AvgIpc) is 3.05. The first-order valence-corrected chi connectivity index (χ1v) is 7.43. The van der Waals surface area contributed by atoms with Gasteiger partial charge in [-0.05, 0) is 6.92 Å². The molecule has 0 aromatic carbocycles. The number of nitrogens with one attached hydrogen (secondary N) is 1. The van der Waals surface area contributed by atoms with Crippen molar-refractivity contribution in [2.75, 3.05) is 0 Å². The maximum atomic E-state index is 11.9. The third kappa shape index (κ3) is 4.68. The summed E-state index contributed by atoms with van der Waals surface area (Å²) >= 11 is 0. The van der Waals surface area contributed by atoms with Gasteiger partial charge in [0.15, 0.2) is 5.82 Å². The van der Waals surface area contributed by atoms with E-state index in [0.717, 1.165) is 0 Å². The zero-order valence-corrected chi connectivity index (χ0v) is 13.5. The Morgan fingerprint density at radius 1 is 1.45 bits per heavy atom. The Hall–Kier alpha value is -2.18. The van der Waals surface area contributed by atoms with Gasteiger partial charge in [0.1, 0.15) is 0 Å². The van der Waals surface area contributed by atoms with Gasteiger partial charge >= 0.3 is 0 Å². The van der Waals surface area contributed by atoms with E-state index in [1.165, 1.54) is 0 Å². The van der Waals surface area contributed by atoms with Gasteiger partial charge < -0.3 is 14.4 Å². The molecule has 0 radical (unpaired) electrons. The molecule has 7 nitrogen and oxygen atoms in total. The highest BCUT2D eigenvalue weighted by molar-refractivity contribution is 5.76. The van der Waals surface area contributed by atoms with Gasteiger partial charge in [0.05, 0.1) is 6.33 Å². The Morgan fingerprint density at radius 2 is 2.23 bits per heavy atom. The van der Waals surface area contributed by atoms with Crippen LogP contribution in [0.2, 0.25) is 0 Å². The van der Waals surface area contributed by atoms with Crippen LogP contribution in [0.5, 0.6) is 0 Å². The summed E-state index contributed by atoms with van der Waals surface area (Å²) in [6, 6.07) is 0.0366. The molecule has 7 heteroatoms. The highest BCUT2D eigenvalue weighted by atomic mass is 16.5. The number of carbonyl (C=O) groups is 1. The second kappa shape index (κ2) is 6.72. The van der Waals surface area contributed by atoms with Gasteiger partial charge in [-0.2, -0.15) is 4.98 Å². The number of hydrogen-bond donors (Lipinski definition) is 1. The summed E-state index contributed by atoms with van der Waals surface area (Å²) in [6.07, 6.45) is 6.11. The molecule has 0 unspecified atom stereocenters. The average molecular weight is 305 g/mol. The van der Waals surface area contributed by atoms with Crippen molar-refractivity contribution in [3.8, 4) is 0 Å². The van der Waals surface area contributed by atoms with Crippen molar-refractivity contribution in [2.45, 2.75) is 58.5 Å².